The van der Waals surface area contributed by atoms with Gasteiger partial charge in [0.05, 0.1) is 29.5 Å². The first kappa shape index (κ1) is 25.3. The standard InChI is InChI=1S/C28H28ClN3O4S/c1-4-36-27(34)24-17(2)30-28-32(25(24)21-16-19(29)9-12-22(21)35-3)26(33)23(37-28)15-18-7-10-20(11-8-18)31-13-5-6-14-31/h7-12,15-16,25H,4-6,13-14H2,1-3H3/b23-15-/t25-/m1/s1. The van der Waals surface area contributed by atoms with E-state index in [-0.39, 0.29) is 17.7 Å². The number of carbonyl (C=O) groups is 1. The number of thiazole rings is 1. The molecule has 0 radical (unpaired) electrons. The topological polar surface area (TPSA) is 73.1 Å². The number of allylic oxidation sites excluding steroid dienone is 1. The van der Waals surface area contributed by atoms with Gasteiger partial charge in [-0.3, -0.25) is 9.36 Å². The molecule has 1 aromatic heterocycles. The third-order valence-electron chi connectivity index (χ3n) is 6.67. The summed E-state index contributed by atoms with van der Waals surface area (Å²) in [7, 11) is 1.54. The Bertz CT molecular complexity index is 1550. The zero-order valence-corrected chi connectivity index (χ0v) is 22.6. The lowest BCUT2D eigenvalue weighted by atomic mass is 9.95. The summed E-state index contributed by atoms with van der Waals surface area (Å²) in [5, 5.41) is 0.467. The molecule has 0 N–H and O–H groups in total. The molecule has 2 aromatic carbocycles. The second-order valence-corrected chi connectivity index (χ2v) is 10.4. The SMILES string of the molecule is CCOC(=O)C1=C(C)N=c2s/c(=C\c3ccc(N4CCCC4)cc3)c(=O)n2[C@@H]1c1cc(Cl)ccc1OC. The second-order valence-electron chi connectivity index (χ2n) is 8.97. The predicted molar refractivity (Wildman–Crippen MR) is 146 cm³/mol. The molecule has 0 saturated carbocycles. The van der Waals surface area contributed by atoms with Crippen LogP contribution in [0.25, 0.3) is 6.08 Å². The summed E-state index contributed by atoms with van der Waals surface area (Å²) in [5.74, 6) is -0.0134. The Hall–Kier alpha value is -3.36. The minimum Gasteiger partial charge on any atom is -0.496 e. The molecule has 0 amide bonds. The van der Waals surface area contributed by atoms with Crippen LogP contribution in [0.3, 0.4) is 0 Å². The van der Waals surface area contributed by atoms with Crippen molar-refractivity contribution >= 4 is 40.7 Å². The van der Waals surface area contributed by atoms with Crippen molar-refractivity contribution in [2.45, 2.75) is 32.7 Å². The molecule has 0 aliphatic carbocycles. The van der Waals surface area contributed by atoms with E-state index in [1.165, 1.54) is 29.9 Å². The minimum absolute atomic E-state index is 0.201. The highest BCUT2D eigenvalue weighted by Crippen LogP contribution is 2.37. The monoisotopic (exact) mass is 537 g/mol. The number of hydrogen-bond donors (Lipinski definition) is 0. The van der Waals surface area contributed by atoms with Crippen LogP contribution in [-0.2, 0) is 9.53 Å². The van der Waals surface area contributed by atoms with Crippen LogP contribution in [0.4, 0.5) is 5.69 Å². The Labute approximate surface area is 223 Å². The number of rotatable bonds is 6. The van der Waals surface area contributed by atoms with Crippen molar-refractivity contribution < 1.29 is 14.3 Å². The van der Waals surface area contributed by atoms with Crippen molar-refractivity contribution in [1.29, 1.82) is 0 Å². The number of aromatic nitrogens is 1. The van der Waals surface area contributed by atoms with Crippen molar-refractivity contribution in [2.24, 2.45) is 4.99 Å². The van der Waals surface area contributed by atoms with Gasteiger partial charge < -0.3 is 14.4 Å². The van der Waals surface area contributed by atoms with Crippen LogP contribution >= 0.6 is 22.9 Å². The van der Waals surface area contributed by atoms with E-state index in [0.29, 0.717) is 31.4 Å². The zero-order valence-electron chi connectivity index (χ0n) is 21.0. The Morgan fingerprint density at radius 1 is 1.19 bits per heavy atom. The van der Waals surface area contributed by atoms with Gasteiger partial charge in [-0.2, -0.15) is 0 Å². The van der Waals surface area contributed by atoms with Gasteiger partial charge in [0, 0.05) is 29.4 Å². The summed E-state index contributed by atoms with van der Waals surface area (Å²) >= 11 is 7.64. The number of benzene rings is 2. The maximum Gasteiger partial charge on any atom is 0.338 e. The molecule has 2 aliphatic heterocycles. The molecule has 1 fully saturated rings. The van der Waals surface area contributed by atoms with Gasteiger partial charge in [0.2, 0.25) is 0 Å². The van der Waals surface area contributed by atoms with Gasteiger partial charge in [-0.25, -0.2) is 9.79 Å². The van der Waals surface area contributed by atoms with Crippen molar-refractivity contribution in [3.63, 3.8) is 0 Å². The van der Waals surface area contributed by atoms with E-state index in [1.54, 1.807) is 43.7 Å². The molecule has 192 valence electrons. The summed E-state index contributed by atoms with van der Waals surface area (Å²) in [6, 6.07) is 12.6. The predicted octanol–water partition coefficient (Wildman–Crippen LogP) is 4.06. The number of ether oxygens (including phenoxy) is 2. The minimum atomic E-state index is -0.788. The van der Waals surface area contributed by atoms with E-state index < -0.39 is 12.0 Å². The zero-order chi connectivity index (χ0) is 26.1. The number of methoxy groups -OCH3 is 1. The number of fused-ring (bicyclic) bond motifs is 1. The van der Waals surface area contributed by atoms with E-state index in [1.807, 2.05) is 18.2 Å². The maximum absolute atomic E-state index is 13.8. The average molecular weight is 538 g/mol. The van der Waals surface area contributed by atoms with E-state index in [2.05, 4.69) is 22.0 Å². The van der Waals surface area contributed by atoms with Crippen LogP contribution in [0.2, 0.25) is 5.02 Å². The third-order valence-corrected chi connectivity index (χ3v) is 7.88. The molecule has 0 spiro atoms. The number of esters is 1. The van der Waals surface area contributed by atoms with Gasteiger partial charge in [-0.05, 0) is 68.7 Å². The normalized spacial score (nSPS) is 17.6. The van der Waals surface area contributed by atoms with Crippen molar-refractivity contribution in [2.75, 3.05) is 31.7 Å². The first-order chi connectivity index (χ1) is 17.9. The lowest BCUT2D eigenvalue weighted by Gasteiger charge is -2.26. The highest BCUT2D eigenvalue weighted by molar-refractivity contribution is 7.07. The molecule has 3 aromatic rings. The van der Waals surface area contributed by atoms with E-state index in [9.17, 15) is 9.59 Å². The van der Waals surface area contributed by atoms with E-state index in [0.717, 1.165) is 18.7 Å². The Morgan fingerprint density at radius 2 is 1.92 bits per heavy atom. The van der Waals surface area contributed by atoms with E-state index >= 15 is 0 Å². The summed E-state index contributed by atoms with van der Waals surface area (Å²) in [6.07, 6.45) is 4.30. The Kier molecular flexibility index (Phi) is 7.22. The van der Waals surface area contributed by atoms with Gasteiger partial charge in [-0.15, -0.1) is 0 Å². The number of anilines is 1. The fraction of sp³-hybridized carbons (Fsp3) is 0.321. The highest BCUT2D eigenvalue weighted by Gasteiger charge is 2.35. The summed E-state index contributed by atoms with van der Waals surface area (Å²) < 4.78 is 13.0. The number of hydrogen-bond acceptors (Lipinski definition) is 7. The molecule has 3 heterocycles. The molecule has 2 aliphatic rings. The molecule has 0 bridgehead atoms. The van der Waals surface area contributed by atoms with Gasteiger partial charge in [0.1, 0.15) is 11.8 Å². The van der Waals surface area contributed by atoms with Crippen molar-refractivity contribution in [3.8, 4) is 5.75 Å². The van der Waals surface area contributed by atoms with Crippen LogP contribution in [0, 0.1) is 0 Å². The first-order valence-electron chi connectivity index (χ1n) is 12.3. The summed E-state index contributed by atoms with van der Waals surface area (Å²) in [4.78, 5) is 34.4. The number of carbonyl (C=O) groups excluding carboxylic acids is 1. The lowest BCUT2D eigenvalue weighted by Crippen LogP contribution is -2.40. The molecule has 1 atom stereocenters. The average Bonchev–Trinajstić information content (AvgIpc) is 3.52. The van der Waals surface area contributed by atoms with Crippen LogP contribution in [0.15, 0.2) is 63.5 Å². The largest absolute Gasteiger partial charge is 0.496 e. The molecular weight excluding hydrogens is 510 g/mol. The van der Waals surface area contributed by atoms with Crippen LogP contribution in [0.5, 0.6) is 5.75 Å². The molecular formula is C28H28ClN3O4S. The lowest BCUT2D eigenvalue weighted by molar-refractivity contribution is -0.139. The fourth-order valence-corrected chi connectivity index (χ4v) is 6.14. The fourth-order valence-electron chi connectivity index (χ4n) is 4.91. The summed E-state index contributed by atoms with van der Waals surface area (Å²) in [5.41, 5.74) is 3.25. The van der Waals surface area contributed by atoms with Gasteiger partial charge in [0.15, 0.2) is 4.80 Å². The molecule has 1 saturated heterocycles. The molecule has 9 heteroatoms. The molecule has 7 nitrogen and oxygen atoms in total. The second kappa shape index (κ2) is 10.6. The third kappa shape index (κ3) is 4.83. The van der Waals surface area contributed by atoms with Crippen molar-refractivity contribution in [3.05, 3.63) is 89.6 Å². The maximum atomic E-state index is 13.8. The first-order valence-corrected chi connectivity index (χ1v) is 13.5. The summed E-state index contributed by atoms with van der Waals surface area (Å²) in [6.45, 7) is 5.85. The van der Waals surface area contributed by atoms with Crippen LogP contribution in [-0.4, -0.2) is 37.3 Å². The molecule has 37 heavy (non-hydrogen) atoms. The number of halogens is 1. The van der Waals surface area contributed by atoms with Crippen molar-refractivity contribution in [1.82, 2.24) is 4.57 Å². The Morgan fingerprint density at radius 3 is 2.59 bits per heavy atom. The van der Waals surface area contributed by atoms with Gasteiger partial charge >= 0.3 is 5.97 Å². The van der Waals surface area contributed by atoms with Gasteiger partial charge in [-0.1, -0.05) is 35.1 Å². The smallest absolute Gasteiger partial charge is 0.338 e. The quantitative estimate of drug-likeness (QED) is 0.443. The highest BCUT2D eigenvalue weighted by atomic mass is 35.5. The Balaban J connectivity index is 1.65. The molecule has 0 unspecified atom stereocenters. The number of nitrogens with zero attached hydrogens (tertiary/aromatic N) is 3. The van der Waals surface area contributed by atoms with Crippen LogP contribution < -0.4 is 24.5 Å². The van der Waals surface area contributed by atoms with Gasteiger partial charge in [0.25, 0.3) is 5.56 Å². The molecule has 5 rings (SSSR count). The van der Waals surface area contributed by atoms with Crippen LogP contribution in [0.1, 0.15) is 43.9 Å². The van der Waals surface area contributed by atoms with E-state index in [4.69, 9.17) is 21.1 Å².